The molecule has 2 nitrogen and oxygen atoms in total. The normalized spacial score (nSPS) is 27.2. The molecular formula is C11H20O2. The monoisotopic (exact) mass is 184 g/mol. The molecule has 0 amide bonds. The molecule has 0 aromatic rings. The summed E-state index contributed by atoms with van der Waals surface area (Å²) in [5.41, 5.74) is -0.175. The maximum Gasteiger partial charge on any atom is 0.0734 e. The summed E-state index contributed by atoms with van der Waals surface area (Å²) >= 11 is 0. The van der Waals surface area contributed by atoms with Crippen LogP contribution in [0.4, 0.5) is 0 Å². The van der Waals surface area contributed by atoms with Gasteiger partial charge in [-0.2, -0.15) is 0 Å². The van der Waals surface area contributed by atoms with Crippen molar-refractivity contribution in [3.05, 3.63) is 12.2 Å². The van der Waals surface area contributed by atoms with Gasteiger partial charge in [-0.25, -0.2) is 0 Å². The van der Waals surface area contributed by atoms with Gasteiger partial charge in [-0.15, -0.1) is 0 Å². The van der Waals surface area contributed by atoms with Crippen molar-refractivity contribution in [1.29, 1.82) is 0 Å². The third-order valence-corrected chi connectivity index (χ3v) is 3.11. The van der Waals surface area contributed by atoms with Crippen molar-refractivity contribution in [3.8, 4) is 0 Å². The molecule has 2 heteroatoms. The molecule has 0 bridgehead atoms. The first kappa shape index (κ1) is 10.7. The SMILES string of the molecule is COC(C)(CCO)C1C=CCCC1. The van der Waals surface area contributed by atoms with Gasteiger partial charge in [0.25, 0.3) is 0 Å². The number of methoxy groups -OCH3 is 1. The van der Waals surface area contributed by atoms with E-state index in [0.717, 1.165) is 6.42 Å². The average Bonchev–Trinajstić information content (AvgIpc) is 2.19. The Hall–Kier alpha value is -0.340. The fourth-order valence-corrected chi connectivity index (χ4v) is 1.98. The summed E-state index contributed by atoms with van der Waals surface area (Å²) < 4.78 is 5.51. The molecule has 0 saturated carbocycles. The fourth-order valence-electron chi connectivity index (χ4n) is 1.98. The summed E-state index contributed by atoms with van der Waals surface area (Å²) in [6, 6.07) is 0. The van der Waals surface area contributed by atoms with Crippen LogP contribution in [0.15, 0.2) is 12.2 Å². The summed E-state index contributed by atoms with van der Waals surface area (Å²) in [7, 11) is 1.73. The summed E-state index contributed by atoms with van der Waals surface area (Å²) in [6.07, 6.45) is 8.80. The average molecular weight is 184 g/mol. The van der Waals surface area contributed by atoms with Crippen LogP contribution in [0, 0.1) is 5.92 Å². The van der Waals surface area contributed by atoms with E-state index in [4.69, 9.17) is 9.84 Å². The lowest BCUT2D eigenvalue weighted by Crippen LogP contribution is -2.37. The Kier molecular flexibility index (Phi) is 3.94. The van der Waals surface area contributed by atoms with Crippen molar-refractivity contribution in [2.45, 2.75) is 38.2 Å². The van der Waals surface area contributed by atoms with E-state index >= 15 is 0 Å². The molecule has 0 aliphatic heterocycles. The number of ether oxygens (including phenoxy) is 1. The van der Waals surface area contributed by atoms with Gasteiger partial charge in [0, 0.05) is 19.6 Å². The van der Waals surface area contributed by atoms with Gasteiger partial charge < -0.3 is 9.84 Å². The molecule has 2 atom stereocenters. The predicted octanol–water partition coefficient (Wildman–Crippen LogP) is 2.13. The Morgan fingerprint density at radius 2 is 2.38 bits per heavy atom. The first-order chi connectivity index (χ1) is 6.23. The highest BCUT2D eigenvalue weighted by atomic mass is 16.5. The molecular weight excluding hydrogens is 164 g/mol. The Labute approximate surface area is 80.6 Å². The maximum absolute atomic E-state index is 8.96. The summed E-state index contributed by atoms with van der Waals surface area (Å²) in [5, 5.41) is 8.96. The number of hydrogen-bond donors (Lipinski definition) is 1. The zero-order chi connectivity index (χ0) is 9.73. The van der Waals surface area contributed by atoms with Crippen molar-refractivity contribution in [2.24, 2.45) is 5.92 Å². The molecule has 0 aromatic heterocycles. The standard InChI is InChI=1S/C11H20O2/c1-11(13-2,8-9-12)10-6-4-3-5-7-10/h4,6,10,12H,3,5,7-9H2,1-2H3. The molecule has 0 aromatic carbocycles. The van der Waals surface area contributed by atoms with Crippen molar-refractivity contribution in [3.63, 3.8) is 0 Å². The molecule has 1 N–H and O–H groups in total. The second-order valence-electron chi connectivity index (χ2n) is 3.96. The van der Waals surface area contributed by atoms with E-state index in [0.29, 0.717) is 5.92 Å². The maximum atomic E-state index is 8.96. The van der Waals surface area contributed by atoms with Gasteiger partial charge in [0.05, 0.1) is 5.60 Å². The van der Waals surface area contributed by atoms with Crippen LogP contribution < -0.4 is 0 Å². The molecule has 0 saturated heterocycles. The Morgan fingerprint density at radius 3 is 2.85 bits per heavy atom. The first-order valence-electron chi connectivity index (χ1n) is 5.05. The lowest BCUT2D eigenvalue weighted by atomic mass is 9.80. The van der Waals surface area contributed by atoms with Crippen LogP contribution in [0.25, 0.3) is 0 Å². The third-order valence-electron chi connectivity index (χ3n) is 3.11. The lowest BCUT2D eigenvalue weighted by molar-refractivity contribution is -0.0482. The molecule has 1 aliphatic carbocycles. The van der Waals surface area contributed by atoms with E-state index in [1.807, 2.05) is 0 Å². The molecule has 1 aliphatic rings. The minimum absolute atomic E-state index is 0.175. The Bertz CT molecular complexity index is 177. The van der Waals surface area contributed by atoms with Crippen LogP contribution in [0.1, 0.15) is 32.6 Å². The first-order valence-corrected chi connectivity index (χ1v) is 5.05. The Balaban J connectivity index is 2.62. The van der Waals surface area contributed by atoms with Crippen LogP contribution in [-0.2, 0) is 4.74 Å². The van der Waals surface area contributed by atoms with Gasteiger partial charge in [-0.1, -0.05) is 12.2 Å². The van der Waals surface area contributed by atoms with E-state index in [9.17, 15) is 0 Å². The predicted molar refractivity (Wildman–Crippen MR) is 53.6 cm³/mol. The van der Waals surface area contributed by atoms with Gasteiger partial charge in [0.15, 0.2) is 0 Å². The largest absolute Gasteiger partial charge is 0.396 e. The molecule has 13 heavy (non-hydrogen) atoms. The molecule has 0 spiro atoms. The van der Waals surface area contributed by atoms with E-state index in [-0.39, 0.29) is 12.2 Å². The number of rotatable bonds is 4. The van der Waals surface area contributed by atoms with Crippen LogP contribution >= 0.6 is 0 Å². The van der Waals surface area contributed by atoms with Gasteiger partial charge in [-0.3, -0.25) is 0 Å². The highest BCUT2D eigenvalue weighted by Gasteiger charge is 2.32. The third kappa shape index (κ3) is 2.55. The Morgan fingerprint density at radius 1 is 1.62 bits per heavy atom. The minimum Gasteiger partial charge on any atom is -0.396 e. The van der Waals surface area contributed by atoms with Gasteiger partial charge in [0.2, 0.25) is 0 Å². The number of allylic oxidation sites excluding steroid dienone is 1. The smallest absolute Gasteiger partial charge is 0.0734 e. The van der Waals surface area contributed by atoms with Crippen LogP contribution in [0.3, 0.4) is 0 Å². The van der Waals surface area contributed by atoms with Crippen LogP contribution in [-0.4, -0.2) is 24.4 Å². The highest BCUT2D eigenvalue weighted by molar-refractivity contribution is 5.01. The highest BCUT2D eigenvalue weighted by Crippen LogP contribution is 2.32. The number of hydrogen-bond acceptors (Lipinski definition) is 2. The molecule has 2 unspecified atom stereocenters. The van der Waals surface area contributed by atoms with Gasteiger partial charge in [-0.05, 0) is 32.6 Å². The second-order valence-corrected chi connectivity index (χ2v) is 3.96. The van der Waals surface area contributed by atoms with Gasteiger partial charge in [0.1, 0.15) is 0 Å². The van der Waals surface area contributed by atoms with Crippen molar-refractivity contribution in [1.82, 2.24) is 0 Å². The summed E-state index contributed by atoms with van der Waals surface area (Å²) in [4.78, 5) is 0. The minimum atomic E-state index is -0.175. The van der Waals surface area contributed by atoms with E-state index < -0.39 is 0 Å². The summed E-state index contributed by atoms with van der Waals surface area (Å²) in [5.74, 6) is 0.471. The quantitative estimate of drug-likeness (QED) is 0.678. The van der Waals surface area contributed by atoms with Gasteiger partial charge >= 0.3 is 0 Å². The van der Waals surface area contributed by atoms with E-state index in [1.54, 1.807) is 7.11 Å². The molecule has 1 rings (SSSR count). The van der Waals surface area contributed by atoms with Crippen LogP contribution in [0.5, 0.6) is 0 Å². The molecule has 0 radical (unpaired) electrons. The molecule has 0 heterocycles. The van der Waals surface area contributed by atoms with Crippen molar-refractivity contribution < 1.29 is 9.84 Å². The zero-order valence-electron chi connectivity index (χ0n) is 8.62. The zero-order valence-corrected chi connectivity index (χ0v) is 8.62. The van der Waals surface area contributed by atoms with Crippen molar-refractivity contribution in [2.75, 3.05) is 13.7 Å². The molecule has 0 fully saturated rings. The van der Waals surface area contributed by atoms with Crippen LogP contribution in [0.2, 0.25) is 0 Å². The summed E-state index contributed by atoms with van der Waals surface area (Å²) in [6.45, 7) is 2.29. The number of aliphatic hydroxyl groups is 1. The van der Waals surface area contributed by atoms with E-state index in [1.165, 1.54) is 19.3 Å². The second kappa shape index (κ2) is 4.77. The van der Waals surface area contributed by atoms with E-state index in [2.05, 4.69) is 19.1 Å². The topological polar surface area (TPSA) is 29.5 Å². The van der Waals surface area contributed by atoms with Crippen molar-refractivity contribution >= 4 is 0 Å². The lowest BCUT2D eigenvalue weighted by Gasteiger charge is -2.36. The number of aliphatic hydroxyl groups excluding tert-OH is 1. The fraction of sp³-hybridized carbons (Fsp3) is 0.818. The molecule has 76 valence electrons.